The average Bonchev–Trinajstić information content (AvgIpc) is 2.54. The molecule has 118 valence electrons. The average molecular weight is 335 g/mol. The largest absolute Gasteiger partial charge is 0.122 e. The van der Waals surface area contributed by atoms with E-state index in [0.29, 0.717) is 11.8 Å². The molecule has 2 aromatic carbocycles. The van der Waals surface area contributed by atoms with Gasteiger partial charge >= 0.3 is 0 Å². The first-order valence-electron chi connectivity index (χ1n) is 7.63. The van der Waals surface area contributed by atoms with Gasteiger partial charge in [-0.2, -0.15) is 0 Å². The normalized spacial score (nSPS) is 12.5. The Morgan fingerprint density at radius 1 is 0.591 bits per heavy atom. The van der Waals surface area contributed by atoms with E-state index in [1.54, 1.807) is 0 Å². The summed E-state index contributed by atoms with van der Waals surface area (Å²) < 4.78 is 0. The van der Waals surface area contributed by atoms with Gasteiger partial charge in [0.05, 0.1) is 0 Å². The maximum Gasteiger partial charge on any atom is 0.0474 e. The second-order valence-corrected chi connectivity index (χ2v) is 7.45. The summed E-state index contributed by atoms with van der Waals surface area (Å²) in [5.74, 6) is 1.12. The van der Waals surface area contributed by atoms with Gasteiger partial charge in [0.1, 0.15) is 0 Å². The highest BCUT2D eigenvalue weighted by Crippen LogP contribution is 2.43. The highest BCUT2D eigenvalue weighted by Gasteiger charge is 2.39. The van der Waals surface area contributed by atoms with Gasteiger partial charge in [0.25, 0.3) is 0 Å². The molecule has 22 heavy (non-hydrogen) atoms. The van der Waals surface area contributed by atoms with Crippen LogP contribution in [0.1, 0.15) is 49.9 Å². The maximum atomic E-state index is 5.90. The smallest absolute Gasteiger partial charge is 0.0474 e. The van der Waals surface area contributed by atoms with Crippen LogP contribution in [0.15, 0.2) is 48.5 Å². The first-order chi connectivity index (χ1) is 10.3. The monoisotopic (exact) mass is 334 g/mol. The number of hydrogen-bond donors (Lipinski definition) is 0. The molecule has 0 bridgehead atoms. The van der Waals surface area contributed by atoms with E-state index in [2.05, 4.69) is 76.2 Å². The van der Waals surface area contributed by atoms with Crippen molar-refractivity contribution in [2.75, 3.05) is 0 Å². The number of alkyl halides is 2. The maximum absolute atomic E-state index is 5.90. The number of rotatable bonds is 5. The Labute approximate surface area is 144 Å². The predicted octanol–water partition coefficient (Wildman–Crippen LogP) is 6.42. The first-order valence-corrected chi connectivity index (χ1v) is 8.70. The highest BCUT2D eigenvalue weighted by molar-refractivity contribution is 6.17. The summed E-state index contributed by atoms with van der Waals surface area (Å²) in [6.45, 7) is 9.21. The molecular weight excluding hydrogens is 311 g/mol. The molecule has 0 spiro atoms. The third-order valence-electron chi connectivity index (χ3n) is 5.22. The van der Waals surface area contributed by atoms with Crippen LogP contribution in [0.2, 0.25) is 0 Å². The van der Waals surface area contributed by atoms with Crippen LogP contribution in [-0.4, -0.2) is 0 Å². The van der Waals surface area contributed by atoms with E-state index in [4.69, 9.17) is 23.2 Å². The van der Waals surface area contributed by atoms with Crippen molar-refractivity contribution in [1.29, 1.82) is 0 Å². The lowest BCUT2D eigenvalue weighted by molar-refractivity contribution is 0.303. The van der Waals surface area contributed by atoms with Crippen molar-refractivity contribution in [3.63, 3.8) is 0 Å². The fourth-order valence-electron chi connectivity index (χ4n) is 2.74. The van der Waals surface area contributed by atoms with Gasteiger partial charge in [-0.15, -0.1) is 23.2 Å². The van der Waals surface area contributed by atoms with Crippen molar-refractivity contribution >= 4 is 23.2 Å². The molecule has 0 saturated carbocycles. The molecule has 0 atom stereocenters. The molecular formula is C20H24Cl2. The van der Waals surface area contributed by atoms with Crippen LogP contribution in [0.4, 0.5) is 0 Å². The summed E-state index contributed by atoms with van der Waals surface area (Å²) in [5, 5.41) is 0. The van der Waals surface area contributed by atoms with E-state index >= 15 is 0 Å². The summed E-state index contributed by atoms with van der Waals surface area (Å²) in [6, 6.07) is 17.3. The van der Waals surface area contributed by atoms with Crippen molar-refractivity contribution in [2.24, 2.45) is 0 Å². The van der Waals surface area contributed by atoms with E-state index in [9.17, 15) is 0 Å². The number of hydrogen-bond acceptors (Lipinski definition) is 0. The molecule has 0 aliphatic carbocycles. The Morgan fingerprint density at radius 2 is 0.864 bits per heavy atom. The molecule has 0 aromatic heterocycles. The lowest BCUT2D eigenvalue weighted by Crippen LogP contribution is -2.40. The summed E-state index contributed by atoms with van der Waals surface area (Å²) in [5.41, 5.74) is 4.97. The molecule has 2 heteroatoms. The van der Waals surface area contributed by atoms with Gasteiger partial charge in [-0.05, 0) is 33.1 Å². The molecule has 0 radical (unpaired) electrons. The molecule has 2 rings (SSSR count). The minimum absolute atomic E-state index is 0.000322. The minimum Gasteiger partial charge on any atom is -0.122 e. The van der Waals surface area contributed by atoms with E-state index in [-0.39, 0.29) is 10.8 Å². The molecule has 0 heterocycles. The molecule has 0 fully saturated rings. The Hall–Kier alpha value is -0.980. The van der Waals surface area contributed by atoms with Crippen molar-refractivity contribution in [2.45, 2.75) is 50.3 Å². The van der Waals surface area contributed by atoms with Crippen LogP contribution < -0.4 is 0 Å². The Morgan fingerprint density at radius 3 is 1.09 bits per heavy atom. The Balaban J connectivity index is 2.39. The van der Waals surface area contributed by atoms with Gasteiger partial charge in [-0.1, -0.05) is 76.2 Å². The zero-order chi connectivity index (χ0) is 16.4. The molecule has 0 nitrogen and oxygen atoms in total. The molecule has 0 N–H and O–H groups in total. The summed E-state index contributed by atoms with van der Waals surface area (Å²) in [4.78, 5) is 0. The van der Waals surface area contributed by atoms with Gasteiger partial charge in [0.15, 0.2) is 0 Å². The SMILES string of the molecule is CC(C)(c1ccc(CCl)cc1)C(C)(C)c1ccc(CCl)cc1. The minimum atomic E-state index is 0.000322. The Kier molecular flexibility index (Phi) is 5.25. The fraction of sp³-hybridized carbons (Fsp3) is 0.400. The number of benzene rings is 2. The third kappa shape index (κ3) is 3.19. The van der Waals surface area contributed by atoms with Gasteiger partial charge in [0, 0.05) is 11.8 Å². The van der Waals surface area contributed by atoms with Gasteiger partial charge in [-0.3, -0.25) is 0 Å². The van der Waals surface area contributed by atoms with E-state index < -0.39 is 0 Å². The lowest BCUT2D eigenvalue weighted by atomic mass is 9.61. The summed E-state index contributed by atoms with van der Waals surface area (Å²) >= 11 is 11.8. The van der Waals surface area contributed by atoms with Crippen LogP contribution in [0, 0.1) is 0 Å². The standard InChI is InChI=1S/C20H24Cl2/c1-19(2,17-9-5-15(13-21)6-10-17)20(3,4)18-11-7-16(14-22)8-12-18/h5-12H,13-14H2,1-4H3. The quantitative estimate of drug-likeness (QED) is 0.553. The van der Waals surface area contributed by atoms with Gasteiger partial charge in [0.2, 0.25) is 0 Å². The van der Waals surface area contributed by atoms with Crippen LogP contribution in [-0.2, 0) is 22.6 Å². The van der Waals surface area contributed by atoms with Crippen molar-refractivity contribution < 1.29 is 0 Å². The second-order valence-electron chi connectivity index (χ2n) is 6.91. The number of halogens is 2. The van der Waals surface area contributed by atoms with E-state index in [0.717, 1.165) is 11.1 Å². The fourth-order valence-corrected chi connectivity index (χ4v) is 3.10. The third-order valence-corrected chi connectivity index (χ3v) is 5.84. The summed E-state index contributed by atoms with van der Waals surface area (Å²) in [7, 11) is 0. The first kappa shape index (κ1) is 17.4. The second kappa shape index (κ2) is 6.64. The predicted molar refractivity (Wildman–Crippen MR) is 98.1 cm³/mol. The van der Waals surface area contributed by atoms with Crippen LogP contribution in [0.5, 0.6) is 0 Å². The van der Waals surface area contributed by atoms with Gasteiger partial charge < -0.3 is 0 Å². The topological polar surface area (TPSA) is 0 Å². The molecule has 0 unspecified atom stereocenters. The molecule has 2 aromatic rings. The van der Waals surface area contributed by atoms with Gasteiger partial charge in [-0.25, -0.2) is 0 Å². The zero-order valence-corrected chi connectivity index (χ0v) is 15.3. The molecule has 0 amide bonds. The highest BCUT2D eigenvalue weighted by atomic mass is 35.5. The van der Waals surface area contributed by atoms with Crippen molar-refractivity contribution in [3.05, 3.63) is 70.8 Å². The molecule has 0 saturated heterocycles. The molecule has 0 aliphatic rings. The Bertz CT molecular complexity index is 550. The van der Waals surface area contributed by atoms with Crippen LogP contribution in [0.3, 0.4) is 0 Å². The summed E-state index contributed by atoms with van der Waals surface area (Å²) in [6.07, 6.45) is 0. The van der Waals surface area contributed by atoms with Crippen LogP contribution in [0.25, 0.3) is 0 Å². The van der Waals surface area contributed by atoms with E-state index in [1.165, 1.54) is 11.1 Å². The zero-order valence-electron chi connectivity index (χ0n) is 13.8. The van der Waals surface area contributed by atoms with Crippen molar-refractivity contribution in [3.8, 4) is 0 Å². The van der Waals surface area contributed by atoms with E-state index in [1.807, 2.05) is 0 Å². The lowest BCUT2D eigenvalue weighted by Gasteiger charge is -2.43. The molecule has 0 aliphatic heterocycles. The van der Waals surface area contributed by atoms with Crippen molar-refractivity contribution in [1.82, 2.24) is 0 Å². The van der Waals surface area contributed by atoms with Crippen LogP contribution >= 0.6 is 23.2 Å².